The zero-order chi connectivity index (χ0) is 42.9. The maximum atomic E-state index is 5.21. The van der Waals surface area contributed by atoms with Crippen LogP contribution < -0.4 is 0 Å². The molecular weight excluding hydrogens is 797 g/mol. The van der Waals surface area contributed by atoms with E-state index in [1.165, 1.54) is 0 Å². The minimum atomic E-state index is -0.772. The zero-order valence-corrected chi connectivity index (χ0v) is 34.7. The van der Waals surface area contributed by atoms with Crippen molar-refractivity contribution in [2.45, 2.75) is 5.41 Å². The first-order chi connectivity index (χ1) is 32.2. The molecule has 65 heavy (non-hydrogen) atoms. The number of hydrogen-bond acceptors (Lipinski definition) is 8. The molecule has 0 spiro atoms. The summed E-state index contributed by atoms with van der Waals surface area (Å²) in [5.41, 5.74) is 17.0. The predicted octanol–water partition coefficient (Wildman–Crippen LogP) is 12.5. The van der Waals surface area contributed by atoms with Crippen LogP contribution in [0.1, 0.15) is 22.3 Å². The van der Waals surface area contributed by atoms with E-state index >= 15 is 0 Å². The van der Waals surface area contributed by atoms with Crippen molar-refractivity contribution in [3.05, 3.63) is 230 Å². The summed E-state index contributed by atoms with van der Waals surface area (Å²) in [5, 5.41) is 4.24. The molecule has 302 valence electrons. The zero-order valence-electron chi connectivity index (χ0n) is 34.7. The Morgan fingerprint density at radius 3 is 1.15 bits per heavy atom. The first-order valence-electron chi connectivity index (χ1n) is 21.5. The minimum Gasteiger partial charge on any atom is -0.261 e. The van der Waals surface area contributed by atoms with Crippen LogP contribution in [0, 0.1) is 0 Å². The van der Waals surface area contributed by atoms with Gasteiger partial charge in [-0.05, 0) is 69.8 Å². The highest BCUT2D eigenvalue weighted by atomic mass is 14.8. The quantitative estimate of drug-likeness (QED) is 0.153. The van der Waals surface area contributed by atoms with Crippen molar-refractivity contribution in [2.75, 3.05) is 0 Å². The molecule has 0 atom stereocenters. The molecule has 13 rings (SSSR count). The standard InChI is InChI=1S/C57H34N8/c1-3-37-5-7-39-15-23-49(64-55(39)53(37)62-25-1)35-9-17-43(18-10-35)57(44-19-11-36(12-20-44)50-24-16-40-8-6-38-4-2-26-63-54(38)56(40)65-50)47-31-41(51-33-58-27-29-60-51)13-21-45(47)46-22-14-42(32-48(46)57)52-34-59-28-30-61-52/h1-34H. The molecular formula is C57H34N8. The van der Waals surface area contributed by atoms with Gasteiger partial charge in [0.25, 0.3) is 0 Å². The third-order valence-corrected chi connectivity index (χ3v) is 12.9. The SMILES string of the molecule is c1cnc2c(c1)ccc1ccc(-c3ccc(C4(c5ccc(-c6ccc7ccc8cccnc8c7n6)cc5)c5cc(-c6cnccn6)ccc5-c5ccc(-c6cnccn6)cc54)cc3)nc12. The third-order valence-electron chi connectivity index (χ3n) is 12.9. The van der Waals surface area contributed by atoms with Gasteiger partial charge < -0.3 is 0 Å². The number of aromatic nitrogens is 8. The van der Waals surface area contributed by atoms with Gasteiger partial charge in [0.2, 0.25) is 0 Å². The lowest BCUT2D eigenvalue weighted by molar-refractivity contribution is 0.769. The van der Waals surface area contributed by atoms with Crippen molar-refractivity contribution in [1.82, 2.24) is 39.9 Å². The lowest BCUT2D eigenvalue weighted by Gasteiger charge is -2.34. The minimum absolute atomic E-state index is 0.772. The average Bonchev–Trinajstić information content (AvgIpc) is 3.68. The Morgan fingerprint density at radius 2 is 0.723 bits per heavy atom. The van der Waals surface area contributed by atoms with E-state index in [1.807, 2.05) is 36.9 Å². The molecule has 0 saturated heterocycles. The van der Waals surface area contributed by atoms with Crippen LogP contribution in [0.4, 0.5) is 0 Å². The van der Waals surface area contributed by atoms with Crippen LogP contribution in [0.3, 0.4) is 0 Å². The largest absolute Gasteiger partial charge is 0.261 e. The summed E-state index contributed by atoms with van der Waals surface area (Å²) >= 11 is 0. The van der Waals surface area contributed by atoms with Crippen LogP contribution >= 0.6 is 0 Å². The average molecular weight is 831 g/mol. The summed E-state index contributed by atoms with van der Waals surface area (Å²) in [5.74, 6) is 0. The van der Waals surface area contributed by atoms with Crippen LogP contribution in [-0.2, 0) is 5.41 Å². The first-order valence-corrected chi connectivity index (χ1v) is 21.5. The Morgan fingerprint density at radius 1 is 0.308 bits per heavy atom. The van der Waals surface area contributed by atoms with Gasteiger partial charge in [-0.25, -0.2) is 9.97 Å². The van der Waals surface area contributed by atoms with Crippen molar-refractivity contribution >= 4 is 43.6 Å². The molecule has 8 heteroatoms. The predicted molar refractivity (Wildman–Crippen MR) is 258 cm³/mol. The van der Waals surface area contributed by atoms with Crippen molar-refractivity contribution in [1.29, 1.82) is 0 Å². The summed E-state index contributed by atoms with van der Waals surface area (Å²) in [6.07, 6.45) is 14.2. The molecule has 0 saturated carbocycles. The monoisotopic (exact) mass is 830 g/mol. The van der Waals surface area contributed by atoms with Crippen LogP contribution in [0.2, 0.25) is 0 Å². The van der Waals surface area contributed by atoms with E-state index in [0.29, 0.717) is 0 Å². The van der Waals surface area contributed by atoms with E-state index in [-0.39, 0.29) is 0 Å². The van der Waals surface area contributed by atoms with Gasteiger partial charge in [0.1, 0.15) is 0 Å². The number of hydrogen-bond donors (Lipinski definition) is 0. The van der Waals surface area contributed by atoms with Crippen LogP contribution in [0.5, 0.6) is 0 Å². The summed E-state index contributed by atoms with van der Waals surface area (Å²) in [7, 11) is 0. The van der Waals surface area contributed by atoms with Crippen molar-refractivity contribution < 1.29 is 0 Å². The number of pyridine rings is 4. The molecule has 0 fully saturated rings. The van der Waals surface area contributed by atoms with E-state index in [2.05, 4.69) is 156 Å². The highest BCUT2D eigenvalue weighted by Crippen LogP contribution is 2.57. The van der Waals surface area contributed by atoms with Gasteiger partial charge >= 0.3 is 0 Å². The maximum absolute atomic E-state index is 5.21. The molecule has 6 heterocycles. The lowest BCUT2D eigenvalue weighted by atomic mass is 9.67. The Balaban J connectivity index is 1.03. The van der Waals surface area contributed by atoms with Gasteiger partial charge in [-0.3, -0.25) is 29.9 Å². The lowest BCUT2D eigenvalue weighted by Crippen LogP contribution is -2.28. The molecule has 6 aromatic heterocycles. The molecule has 0 unspecified atom stereocenters. The Hall–Kier alpha value is -8.88. The van der Waals surface area contributed by atoms with E-state index in [4.69, 9.17) is 29.9 Å². The van der Waals surface area contributed by atoms with Crippen LogP contribution in [0.25, 0.3) is 99.8 Å². The van der Waals surface area contributed by atoms with Gasteiger partial charge in [0, 0.05) is 81.0 Å². The van der Waals surface area contributed by atoms with Gasteiger partial charge in [0.05, 0.1) is 62.7 Å². The topological polar surface area (TPSA) is 103 Å². The van der Waals surface area contributed by atoms with Crippen molar-refractivity contribution in [3.8, 4) is 56.2 Å². The Labute approximate surface area is 373 Å². The van der Waals surface area contributed by atoms with Gasteiger partial charge in [0.15, 0.2) is 0 Å². The molecule has 1 aliphatic carbocycles. The van der Waals surface area contributed by atoms with Crippen LogP contribution in [0.15, 0.2) is 207 Å². The summed E-state index contributed by atoms with van der Waals surface area (Å²) < 4.78 is 0. The molecule has 1 aliphatic rings. The van der Waals surface area contributed by atoms with Gasteiger partial charge in [-0.2, -0.15) is 0 Å². The number of nitrogens with zero attached hydrogens (tertiary/aromatic N) is 8. The summed E-state index contributed by atoms with van der Waals surface area (Å²) in [6, 6.07) is 56.2. The molecule has 0 radical (unpaired) electrons. The second-order valence-electron chi connectivity index (χ2n) is 16.4. The number of rotatable bonds is 6. The van der Waals surface area contributed by atoms with E-state index in [1.54, 1.807) is 24.8 Å². The fourth-order valence-electron chi connectivity index (χ4n) is 9.88. The highest BCUT2D eigenvalue weighted by Gasteiger charge is 2.46. The Kier molecular flexibility index (Phi) is 8.26. The summed E-state index contributed by atoms with van der Waals surface area (Å²) in [4.78, 5) is 38.2. The van der Waals surface area contributed by atoms with Crippen molar-refractivity contribution in [3.63, 3.8) is 0 Å². The second-order valence-corrected chi connectivity index (χ2v) is 16.4. The van der Waals surface area contributed by atoms with Crippen molar-refractivity contribution in [2.24, 2.45) is 0 Å². The second kappa shape index (κ2) is 14.6. The molecule has 6 aromatic carbocycles. The molecule has 0 bridgehead atoms. The van der Waals surface area contributed by atoms with E-state index in [0.717, 1.165) is 122 Å². The van der Waals surface area contributed by atoms with E-state index < -0.39 is 5.41 Å². The Bertz CT molecular complexity index is 3570. The number of benzene rings is 6. The first kappa shape index (κ1) is 36.7. The van der Waals surface area contributed by atoms with E-state index in [9.17, 15) is 0 Å². The smallest absolute Gasteiger partial charge is 0.0972 e. The molecule has 0 aliphatic heterocycles. The number of fused-ring (bicyclic) bond motifs is 9. The maximum Gasteiger partial charge on any atom is 0.0972 e. The third kappa shape index (κ3) is 5.85. The normalized spacial score (nSPS) is 12.7. The molecule has 0 N–H and O–H groups in total. The fraction of sp³-hybridized carbons (Fsp3) is 0.0175. The fourth-order valence-corrected chi connectivity index (χ4v) is 9.88. The summed E-state index contributed by atoms with van der Waals surface area (Å²) in [6.45, 7) is 0. The van der Waals surface area contributed by atoms with Gasteiger partial charge in [-0.1, -0.05) is 121 Å². The molecule has 0 amide bonds. The molecule has 12 aromatic rings. The van der Waals surface area contributed by atoms with Gasteiger partial charge in [-0.15, -0.1) is 0 Å². The molecule has 8 nitrogen and oxygen atoms in total. The highest BCUT2D eigenvalue weighted by molar-refractivity contribution is 6.04. The van der Waals surface area contributed by atoms with Crippen LogP contribution in [-0.4, -0.2) is 39.9 Å².